The van der Waals surface area contributed by atoms with Gasteiger partial charge in [0.25, 0.3) is 0 Å². The number of nitriles is 1. The zero-order chi connectivity index (χ0) is 16.8. The van der Waals surface area contributed by atoms with Crippen molar-refractivity contribution < 1.29 is 23.1 Å². The first kappa shape index (κ1) is 17.9. The molecule has 0 unspecified atom stereocenters. The van der Waals surface area contributed by atoms with Crippen molar-refractivity contribution in [3.05, 3.63) is 23.8 Å². The summed E-state index contributed by atoms with van der Waals surface area (Å²) in [6.07, 6.45) is -0.159. The van der Waals surface area contributed by atoms with Crippen LogP contribution in [0.1, 0.15) is 12.0 Å². The highest BCUT2D eigenvalue weighted by Gasteiger charge is 2.20. The third-order valence-electron chi connectivity index (χ3n) is 2.92. The molecule has 0 fully saturated rings. The van der Waals surface area contributed by atoms with Crippen LogP contribution in [0.15, 0.2) is 23.1 Å². The van der Waals surface area contributed by atoms with E-state index in [1.54, 1.807) is 11.0 Å². The number of anilines is 1. The summed E-state index contributed by atoms with van der Waals surface area (Å²) in [5.41, 5.74) is 0.207. The fourth-order valence-corrected chi connectivity index (χ4v) is 2.62. The second-order valence-electron chi connectivity index (χ2n) is 4.43. The molecule has 0 aromatic heterocycles. The number of carbonyl (C=O) groups is 1. The summed E-state index contributed by atoms with van der Waals surface area (Å²) in [6.45, 7) is 0.720. The molecule has 0 radical (unpaired) electrons. The minimum Gasteiger partial charge on any atom is -0.481 e. The van der Waals surface area contributed by atoms with E-state index in [9.17, 15) is 18.5 Å². The van der Waals surface area contributed by atoms with Gasteiger partial charge in [0.2, 0.25) is 10.0 Å². The molecule has 0 heterocycles. The molecular formula is C13H17N3O5S. The normalized spacial score (nSPS) is 11.0. The van der Waals surface area contributed by atoms with Crippen molar-refractivity contribution in [3.8, 4) is 6.07 Å². The van der Waals surface area contributed by atoms with Crippen LogP contribution in [0.25, 0.3) is 0 Å². The minimum absolute atomic E-state index is 0.105. The topological polar surface area (TPSA) is 134 Å². The second-order valence-corrected chi connectivity index (χ2v) is 5.96. The predicted octanol–water partition coefficient (Wildman–Crippen LogP) is 0.133. The highest BCUT2D eigenvalue weighted by Crippen LogP contribution is 2.26. The smallest absolute Gasteiger partial charge is 0.305 e. The molecule has 9 heteroatoms. The number of nitrogens with zero attached hydrogens (tertiary/aromatic N) is 2. The Bertz CT molecular complexity index is 681. The van der Waals surface area contributed by atoms with Crippen LogP contribution in [-0.4, -0.2) is 46.3 Å². The molecule has 0 atom stereocenters. The van der Waals surface area contributed by atoms with Crippen LogP contribution in [0.2, 0.25) is 0 Å². The van der Waals surface area contributed by atoms with E-state index in [1.165, 1.54) is 19.2 Å². The van der Waals surface area contributed by atoms with E-state index in [4.69, 9.17) is 15.0 Å². The molecule has 8 nitrogen and oxygen atoms in total. The molecule has 1 aromatic rings. The molecule has 0 spiro atoms. The van der Waals surface area contributed by atoms with Crippen molar-refractivity contribution in [2.45, 2.75) is 11.3 Å². The number of hydrogen-bond donors (Lipinski definition) is 2. The van der Waals surface area contributed by atoms with E-state index in [-0.39, 0.29) is 23.4 Å². The molecule has 22 heavy (non-hydrogen) atoms. The Morgan fingerprint density at radius 2 is 2.14 bits per heavy atom. The monoisotopic (exact) mass is 327 g/mol. The number of nitrogens with two attached hydrogens (primary N) is 1. The Morgan fingerprint density at radius 3 is 2.64 bits per heavy atom. The number of rotatable bonds is 8. The van der Waals surface area contributed by atoms with Crippen molar-refractivity contribution in [3.63, 3.8) is 0 Å². The number of sulfonamides is 1. The van der Waals surface area contributed by atoms with Gasteiger partial charge in [-0.1, -0.05) is 6.07 Å². The summed E-state index contributed by atoms with van der Waals surface area (Å²) in [5, 5.41) is 23.2. The predicted molar refractivity (Wildman–Crippen MR) is 78.9 cm³/mol. The van der Waals surface area contributed by atoms with Crippen LogP contribution in [0.3, 0.4) is 0 Å². The first-order chi connectivity index (χ1) is 10.3. The maximum atomic E-state index is 11.6. The molecule has 120 valence electrons. The molecule has 0 aliphatic heterocycles. The number of carboxylic acids is 1. The van der Waals surface area contributed by atoms with E-state index in [0.29, 0.717) is 18.8 Å². The average molecular weight is 327 g/mol. The van der Waals surface area contributed by atoms with Gasteiger partial charge >= 0.3 is 5.97 Å². The van der Waals surface area contributed by atoms with Gasteiger partial charge in [0.15, 0.2) is 0 Å². The maximum Gasteiger partial charge on any atom is 0.305 e. The van der Waals surface area contributed by atoms with Crippen molar-refractivity contribution in [2.24, 2.45) is 5.14 Å². The van der Waals surface area contributed by atoms with Gasteiger partial charge in [-0.15, -0.1) is 0 Å². The minimum atomic E-state index is -4.05. The average Bonchev–Trinajstić information content (AvgIpc) is 2.45. The summed E-state index contributed by atoms with van der Waals surface area (Å²) in [4.78, 5) is 12.1. The van der Waals surface area contributed by atoms with Crippen molar-refractivity contribution in [1.82, 2.24) is 0 Å². The van der Waals surface area contributed by atoms with Crippen molar-refractivity contribution in [1.29, 1.82) is 5.26 Å². The Morgan fingerprint density at radius 1 is 1.45 bits per heavy atom. The zero-order valence-electron chi connectivity index (χ0n) is 12.0. The van der Waals surface area contributed by atoms with Gasteiger partial charge < -0.3 is 14.7 Å². The second kappa shape index (κ2) is 7.74. The number of benzene rings is 1. The molecule has 0 aliphatic rings. The standard InChI is InChI=1S/C13H17N3O5S/c1-21-8-7-16(6-5-13(17)18)11-3-2-4-12(10(11)9-14)22(15,19)20/h2-4H,5-8H2,1H3,(H,17,18)(H2,15,19,20). The number of primary sulfonamides is 1. The number of ether oxygens (including phenoxy) is 1. The van der Waals surface area contributed by atoms with Gasteiger partial charge in [0, 0.05) is 20.2 Å². The van der Waals surface area contributed by atoms with Crippen LogP contribution in [0.4, 0.5) is 5.69 Å². The van der Waals surface area contributed by atoms with Crippen LogP contribution in [-0.2, 0) is 19.6 Å². The molecule has 0 saturated heterocycles. The first-order valence-electron chi connectivity index (χ1n) is 6.33. The maximum absolute atomic E-state index is 11.6. The highest BCUT2D eigenvalue weighted by molar-refractivity contribution is 7.89. The zero-order valence-corrected chi connectivity index (χ0v) is 12.8. The summed E-state index contributed by atoms with van der Waals surface area (Å²) in [5.74, 6) is -0.997. The summed E-state index contributed by atoms with van der Waals surface area (Å²) < 4.78 is 28.1. The van der Waals surface area contributed by atoms with Gasteiger partial charge in [-0.05, 0) is 12.1 Å². The quantitative estimate of drug-likeness (QED) is 0.693. The van der Waals surface area contributed by atoms with E-state index in [1.807, 2.05) is 6.07 Å². The van der Waals surface area contributed by atoms with Crippen LogP contribution in [0, 0.1) is 11.3 Å². The molecule has 0 aliphatic carbocycles. The van der Waals surface area contributed by atoms with E-state index >= 15 is 0 Å². The van der Waals surface area contributed by atoms with Gasteiger partial charge in [-0.25, -0.2) is 13.6 Å². The van der Waals surface area contributed by atoms with Crippen molar-refractivity contribution in [2.75, 3.05) is 31.7 Å². The largest absolute Gasteiger partial charge is 0.481 e. The third-order valence-corrected chi connectivity index (χ3v) is 3.88. The summed E-state index contributed by atoms with van der Waals surface area (Å²) in [6, 6.07) is 6.07. The van der Waals surface area contributed by atoms with E-state index in [0.717, 1.165) is 0 Å². The van der Waals surface area contributed by atoms with Crippen LogP contribution >= 0.6 is 0 Å². The highest BCUT2D eigenvalue weighted by atomic mass is 32.2. The molecule has 1 rings (SSSR count). The summed E-state index contributed by atoms with van der Waals surface area (Å²) in [7, 11) is -2.56. The Hall–Kier alpha value is -2.15. The fourth-order valence-electron chi connectivity index (χ4n) is 1.92. The Balaban J connectivity index is 3.29. The lowest BCUT2D eigenvalue weighted by Crippen LogP contribution is -2.31. The van der Waals surface area contributed by atoms with E-state index < -0.39 is 16.0 Å². The van der Waals surface area contributed by atoms with Gasteiger partial charge in [0.05, 0.1) is 24.3 Å². The molecule has 0 amide bonds. The molecule has 0 bridgehead atoms. The fraction of sp³-hybridized carbons (Fsp3) is 0.385. The lowest BCUT2D eigenvalue weighted by atomic mass is 10.1. The van der Waals surface area contributed by atoms with Crippen LogP contribution in [0.5, 0.6) is 0 Å². The van der Waals surface area contributed by atoms with Gasteiger partial charge in [-0.2, -0.15) is 5.26 Å². The van der Waals surface area contributed by atoms with Crippen molar-refractivity contribution >= 4 is 21.7 Å². The molecule has 3 N–H and O–H groups in total. The third kappa shape index (κ3) is 4.70. The molecule has 1 aromatic carbocycles. The Kier molecular flexibility index (Phi) is 6.30. The lowest BCUT2D eigenvalue weighted by Gasteiger charge is -2.25. The van der Waals surface area contributed by atoms with E-state index in [2.05, 4.69) is 0 Å². The molecule has 0 saturated carbocycles. The number of hydrogen-bond acceptors (Lipinski definition) is 6. The van der Waals surface area contributed by atoms with Crippen LogP contribution < -0.4 is 10.0 Å². The SMILES string of the molecule is COCCN(CCC(=O)O)c1cccc(S(N)(=O)=O)c1C#N. The number of carboxylic acid groups (broad SMARTS) is 1. The molecular weight excluding hydrogens is 310 g/mol. The first-order valence-corrected chi connectivity index (χ1v) is 7.87. The lowest BCUT2D eigenvalue weighted by molar-refractivity contribution is -0.136. The summed E-state index contributed by atoms with van der Waals surface area (Å²) >= 11 is 0. The Labute approximate surface area is 128 Å². The number of methoxy groups -OCH3 is 1. The number of aliphatic carboxylic acids is 1. The van der Waals surface area contributed by atoms with Gasteiger partial charge in [0.1, 0.15) is 11.0 Å². The van der Waals surface area contributed by atoms with Gasteiger partial charge in [-0.3, -0.25) is 4.79 Å².